The molecule has 0 aliphatic rings. The monoisotopic (exact) mass is 410 g/mol. The molecule has 0 fully saturated rings. The van der Waals surface area contributed by atoms with Crippen molar-refractivity contribution >= 4 is 39.2 Å². The number of carbonyl (C=O) groups excluding carboxylic acids is 2. The van der Waals surface area contributed by atoms with Crippen LogP contribution in [0.3, 0.4) is 0 Å². The van der Waals surface area contributed by atoms with Crippen molar-refractivity contribution in [3.8, 4) is 0 Å². The molecule has 4 nitrogen and oxygen atoms in total. The predicted octanol–water partition coefficient (Wildman–Crippen LogP) is -0.816. The molecule has 0 heterocycles. The van der Waals surface area contributed by atoms with Gasteiger partial charge in [0.05, 0.1) is 0 Å². The van der Waals surface area contributed by atoms with Gasteiger partial charge in [-0.3, -0.25) is 0 Å². The molecule has 0 atom stereocenters. The molecule has 5 heteroatoms. The Balaban J connectivity index is -0.000000180. The van der Waals surface area contributed by atoms with Crippen LogP contribution in [0.5, 0.6) is 0 Å². The van der Waals surface area contributed by atoms with Crippen LogP contribution in [0.25, 0.3) is 0 Å². The summed E-state index contributed by atoms with van der Waals surface area (Å²) in [5.41, 5.74) is -1.39. The molecule has 0 rings (SSSR count). The minimum Gasteiger partial charge on any atom is -0.550 e. The smallest absolute Gasteiger partial charge is 0.550 e. The number of carbonyl (C=O) groups is 2. The first kappa shape index (κ1) is 20.3. The Morgan fingerprint density at radius 1 is 0.733 bits per heavy atom. The van der Waals surface area contributed by atoms with Crippen molar-refractivity contribution < 1.29 is 19.8 Å². The van der Waals surface area contributed by atoms with E-state index < -0.39 is 22.8 Å². The van der Waals surface area contributed by atoms with Gasteiger partial charge in [-0.25, -0.2) is 0 Å². The summed E-state index contributed by atoms with van der Waals surface area (Å²) in [5, 5.41) is 19.8. The summed E-state index contributed by atoms with van der Waals surface area (Å²) in [5.74, 6) is -2.01. The van der Waals surface area contributed by atoms with Gasteiger partial charge in [-0.15, -0.1) is 0 Å². The van der Waals surface area contributed by atoms with E-state index in [2.05, 4.69) is 0 Å². The molecule has 0 saturated heterocycles. The first-order valence-electron chi connectivity index (χ1n) is 4.32. The van der Waals surface area contributed by atoms with Crippen molar-refractivity contribution in [1.29, 1.82) is 0 Å². The Labute approximate surface area is 111 Å². The Hall–Kier alpha value is -0.138. The molecule has 0 saturated carbocycles. The number of hydrogen-bond donors (Lipinski definition) is 0. The van der Waals surface area contributed by atoms with E-state index in [9.17, 15) is 19.8 Å². The van der Waals surface area contributed by atoms with E-state index in [4.69, 9.17) is 0 Å². The molecule has 0 spiro atoms. The fraction of sp³-hybridized carbons (Fsp3) is 0.800. The van der Waals surface area contributed by atoms with Crippen LogP contribution in [-0.4, -0.2) is 39.2 Å². The second-order valence-corrected chi connectivity index (χ2v) is 5.07. The van der Waals surface area contributed by atoms with Gasteiger partial charge in [-0.2, -0.15) is 0 Å². The topological polar surface area (TPSA) is 80.3 Å². The van der Waals surface area contributed by atoms with Gasteiger partial charge in [0.2, 0.25) is 0 Å². The van der Waals surface area contributed by atoms with Crippen LogP contribution < -0.4 is 10.2 Å². The minimum atomic E-state index is -1.01. The van der Waals surface area contributed by atoms with Gasteiger partial charge in [0, 0.05) is 22.8 Å². The third-order valence-electron chi connectivity index (χ3n) is 1.22. The van der Waals surface area contributed by atoms with Crippen molar-refractivity contribution in [2.75, 3.05) is 0 Å². The fourth-order valence-corrected chi connectivity index (χ4v) is 0. The Bertz CT molecular complexity index is 186. The van der Waals surface area contributed by atoms with Gasteiger partial charge in [0.25, 0.3) is 0 Å². The third kappa shape index (κ3) is 13.9. The van der Waals surface area contributed by atoms with Gasteiger partial charge in [0.15, 0.2) is 0 Å². The van der Waals surface area contributed by atoms with Crippen LogP contribution in [0.1, 0.15) is 41.5 Å². The van der Waals surface area contributed by atoms with Gasteiger partial charge in [0.1, 0.15) is 0 Å². The van der Waals surface area contributed by atoms with Gasteiger partial charge in [-0.1, -0.05) is 41.5 Å². The maximum atomic E-state index is 9.91. The van der Waals surface area contributed by atoms with Crippen LogP contribution in [0, 0.1) is 10.8 Å². The maximum Gasteiger partial charge on any atom is 2.00 e. The van der Waals surface area contributed by atoms with Crippen LogP contribution in [0.15, 0.2) is 0 Å². The van der Waals surface area contributed by atoms with Gasteiger partial charge >= 0.3 is 27.3 Å². The van der Waals surface area contributed by atoms with Crippen molar-refractivity contribution in [3.05, 3.63) is 0 Å². The fourth-order valence-electron chi connectivity index (χ4n) is 0. The van der Waals surface area contributed by atoms with Gasteiger partial charge < -0.3 is 19.8 Å². The van der Waals surface area contributed by atoms with Crippen molar-refractivity contribution in [2.45, 2.75) is 41.5 Å². The molecule has 15 heavy (non-hydrogen) atoms. The molecule has 0 amide bonds. The van der Waals surface area contributed by atoms with E-state index in [1.165, 1.54) is 0 Å². The molecule has 86 valence electrons. The van der Waals surface area contributed by atoms with Crippen LogP contribution in [-0.2, 0) is 9.59 Å². The summed E-state index contributed by atoms with van der Waals surface area (Å²) in [7, 11) is 0. The Morgan fingerprint density at radius 2 is 0.800 bits per heavy atom. The number of hydrogen-bond acceptors (Lipinski definition) is 4. The van der Waals surface area contributed by atoms with Crippen LogP contribution in [0.2, 0.25) is 0 Å². The second-order valence-electron chi connectivity index (χ2n) is 5.07. The summed E-state index contributed by atoms with van der Waals surface area (Å²) < 4.78 is 0. The van der Waals surface area contributed by atoms with E-state index in [1.807, 2.05) is 0 Å². The average molecular weight is 409 g/mol. The van der Waals surface area contributed by atoms with E-state index in [1.54, 1.807) is 41.5 Å². The molecule has 2 radical (unpaired) electrons. The first-order valence-corrected chi connectivity index (χ1v) is 4.32. The van der Waals surface area contributed by atoms with E-state index in [0.717, 1.165) is 0 Å². The first-order chi connectivity index (χ1) is 5.89. The van der Waals surface area contributed by atoms with Crippen LogP contribution >= 0.6 is 0 Å². The zero-order chi connectivity index (χ0) is 12.2. The summed E-state index contributed by atoms with van der Waals surface area (Å²) >= 11 is 0. The predicted molar refractivity (Wildman–Crippen MR) is 54.7 cm³/mol. The maximum absolute atomic E-state index is 9.91. The quantitative estimate of drug-likeness (QED) is 0.490. The molecule has 0 aromatic heterocycles. The third-order valence-corrected chi connectivity index (χ3v) is 1.22. The Kier molecular flexibility index (Phi) is 9.73. The summed E-state index contributed by atoms with van der Waals surface area (Å²) in [6.45, 7) is 9.60. The molecule has 0 aromatic rings. The summed E-state index contributed by atoms with van der Waals surface area (Å²) in [6, 6.07) is 0. The number of carboxylic acids is 2. The minimum absolute atomic E-state index is 0. The number of aliphatic carboxylic acids is 2. The number of rotatable bonds is 0. The molecule has 0 aliphatic carbocycles. The van der Waals surface area contributed by atoms with E-state index in [-0.39, 0.29) is 27.3 Å². The van der Waals surface area contributed by atoms with E-state index in [0.29, 0.717) is 0 Å². The zero-order valence-electron chi connectivity index (χ0n) is 10.1. The number of carboxylic acid groups (broad SMARTS) is 2. The molecule has 0 aliphatic heterocycles. The molecular weight excluding hydrogens is 391 g/mol. The van der Waals surface area contributed by atoms with Crippen molar-refractivity contribution in [2.24, 2.45) is 10.8 Å². The van der Waals surface area contributed by atoms with Crippen molar-refractivity contribution in [1.82, 2.24) is 0 Å². The van der Waals surface area contributed by atoms with Gasteiger partial charge in [-0.05, 0) is 0 Å². The molecule has 0 aromatic carbocycles. The molecule has 0 N–H and O–H groups in total. The molecule has 0 bridgehead atoms. The summed E-state index contributed by atoms with van der Waals surface area (Å²) in [4.78, 5) is 19.8. The average Bonchev–Trinajstić information content (AvgIpc) is 1.83. The van der Waals surface area contributed by atoms with Crippen molar-refractivity contribution in [3.63, 3.8) is 0 Å². The second kappa shape index (κ2) is 7.19. The SMILES string of the molecule is CC(C)(C)C(=O)[O-].CC(C)(C)C(=O)[O-].[Pb+2]. The largest absolute Gasteiger partial charge is 2.00 e. The normalized spacial score (nSPS) is 10.5. The zero-order valence-corrected chi connectivity index (χ0v) is 14.0. The van der Waals surface area contributed by atoms with Crippen LogP contribution in [0.4, 0.5) is 0 Å². The Morgan fingerprint density at radius 3 is 0.800 bits per heavy atom. The molecule has 0 unspecified atom stereocenters. The molecular formula is C10H18O4Pb. The van der Waals surface area contributed by atoms with E-state index >= 15 is 0 Å². The standard InChI is InChI=1S/2C5H10O2.Pb/c2*1-5(2,3)4(6)7;/h2*1-3H3,(H,6,7);/q;;+2/p-2. The summed E-state index contributed by atoms with van der Waals surface area (Å²) in [6.07, 6.45) is 0.